The van der Waals surface area contributed by atoms with Gasteiger partial charge in [0.05, 0.1) is 6.42 Å². The summed E-state index contributed by atoms with van der Waals surface area (Å²) in [6, 6.07) is -1.78. The molecular formula is C12H22N4O4. The van der Waals surface area contributed by atoms with Gasteiger partial charge in [0, 0.05) is 19.1 Å². The van der Waals surface area contributed by atoms with Crippen LogP contribution in [0.1, 0.15) is 19.8 Å². The maximum atomic E-state index is 12.1. The first-order valence-corrected chi connectivity index (χ1v) is 6.58. The van der Waals surface area contributed by atoms with Crippen molar-refractivity contribution in [3.05, 3.63) is 0 Å². The number of carboxylic acid groups (broad SMARTS) is 1. The second kappa shape index (κ2) is 7.09. The average molecular weight is 286 g/mol. The number of hydrogen-bond acceptors (Lipinski definition) is 4. The molecule has 0 aliphatic carbocycles. The molecule has 0 aromatic rings. The predicted molar refractivity (Wildman–Crippen MR) is 72.0 cm³/mol. The lowest BCUT2D eigenvalue weighted by atomic mass is 10.2. The Bertz CT molecular complexity index is 388. The Balaban J connectivity index is 2.67. The number of rotatable bonds is 4. The zero-order chi connectivity index (χ0) is 15.3. The van der Waals surface area contributed by atoms with Crippen LogP contribution in [0, 0.1) is 0 Å². The van der Waals surface area contributed by atoms with E-state index >= 15 is 0 Å². The van der Waals surface area contributed by atoms with E-state index in [9.17, 15) is 14.4 Å². The molecule has 2 atom stereocenters. The highest BCUT2D eigenvalue weighted by Crippen LogP contribution is 2.09. The number of aliphatic carboxylic acids is 1. The Morgan fingerprint density at radius 3 is 2.60 bits per heavy atom. The molecule has 1 rings (SSSR count). The van der Waals surface area contributed by atoms with Gasteiger partial charge in [-0.2, -0.15) is 0 Å². The van der Waals surface area contributed by atoms with Crippen molar-refractivity contribution in [1.82, 2.24) is 15.1 Å². The summed E-state index contributed by atoms with van der Waals surface area (Å²) in [6.07, 6.45) is 0.408. The summed E-state index contributed by atoms with van der Waals surface area (Å²) >= 11 is 0. The minimum atomic E-state index is -1.28. The molecule has 114 valence electrons. The Hall–Kier alpha value is -1.83. The molecular weight excluding hydrogens is 264 g/mol. The summed E-state index contributed by atoms with van der Waals surface area (Å²) in [4.78, 5) is 37.7. The second-order valence-corrected chi connectivity index (χ2v) is 5.17. The maximum absolute atomic E-state index is 12.1. The average Bonchev–Trinajstić information content (AvgIpc) is 2.48. The third-order valence-corrected chi connectivity index (χ3v) is 3.31. The summed E-state index contributed by atoms with van der Waals surface area (Å²) in [5, 5.41) is 11.3. The van der Waals surface area contributed by atoms with Crippen LogP contribution in [0.15, 0.2) is 0 Å². The van der Waals surface area contributed by atoms with Crippen LogP contribution in [0.3, 0.4) is 0 Å². The van der Waals surface area contributed by atoms with Gasteiger partial charge in [0.2, 0.25) is 5.91 Å². The van der Waals surface area contributed by atoms with Gasteiger partial charge in [-0.3, -0.25) is 4.79 Å². The van der Waals surface area contributed by atoms with Crippen molar-refractivity contribution in [2.45, 2.75) is 31.8 Å². The fourth-order valence-electron chi connectivity index (χ4n) is 2.31. The smallest absolute Gasteiger partial charge is 0.326 e. The lowest BCUT2D eigenvalue weighted by Gasteiger charge is -2.29. The molecule has 0 saturated carbocycles. The monoisotopic (exact) mass is 286 g/mol. The molecule has 20 heavy (non-hydrogen) atoms. The number of carbonyl (C=O) groups excluding carboxylic acids is 2. The largest absolute Gasteiger partial charge is 0.480 e. The molecule has 0 bridgehead atoms. The quantitative estimate of drug-likeness (QED) is 0.616. The van der Waals surface area contributed by atoms with Crippen molar-refractivity contribution in [1.29, 1.82) is 0 Å². The van der Waals surface area contributed by atoms with Crippen molar-refractivity contribution in [2.24, 2.45) is 5.73 Å². The van der Waals surface area contributed by atoms with Crippen LogP contribution in [0.5, 0.6) is 0 Å². The molecule has 8 nitrogen and oxygen atoms in total. The van der Waals surface area contributed by atoms with E-state index in [-0.39, 0.29) is 6.04 Å². The minimum absolute atomic E-state index is 0.0227. The van der Waals surface area contributed by atoms with Gasteiger partial charge in [0.25, 0.3) is 0 Å². The van der Waals surface area contributed by atoms with Crippen molar-refractivity contribution < 1.29 is 19.5 Å². The van der Waals surface area contributed by atoms with E-state index in [1.165, 1.54) is 0 Å². The molecule has 0 radical (unpaired) electrons. The van der Waals surface area contributed by atoms with Gasteiger partial charge < -0.3 is 26.0 Å². The van der Waals surface area contributed by atoms with E-state index in [0.29, 0.717) is 6.54 Å². The maximum Gasteiger partial charge on any atom is 0.326 e. The number of amides is 3. The van der Waals surface area contributed by atoms with Gasteiger partial charge in [-0.15, -0.1) is 0 Å². The molecule has 1 unspecified atom stereocenters. The molecule has 0 aromatic carbocycles. The molecule has 3 amide bonds. The number of carbonyl (C=O) groups is 3. The Labute approximate surface area is 117 Å². The number of nitrogens with one attached hydrogen (secondary N) is 1. The first kappa shape index (κ1) is 16.2. The van der Waals surface area contributed by atoms with Gasteiger partial charge >= 0.3 is 12.0 Å². The van der Waals surface area contributed by atoms with Gasteiger partial charge in [-0.1, -0.05) is 0 Å². The third-order valence-electron chi connectivity index (χ3n) is 3.31. The number of nitrogens with zero attached hydrogens (tertiary/aromatic N) is 2. The first-order chi connectivity index (χ1) is 9.31. The van der Waals surface area contributed by atoms with E-state index in [4.69, 9.17) is 10.8 Å². The van der Waals surface area contributed by atoms with Gasteiger partial charge in [0.1, 0.15) is 6.04 Å². The summed E-state index contributed by atoms with van der Waals surface area (Å²) in [5.74, 6) is -2.03. The van der Waals surface area contributed by atoms with Crippen LogP contribution < -0.4 is 11.1 Å². The molecule has 0 aromatic heterocycles. The molecule has 1 saturated heterocycles. The van der Waals surface area contributed by atoms with Crippen LogP contribution in [0.25, 0.3) is 0 Å². The number of urea groups is 1. The van der Waals surface area contributed by atoms with Crippen LogP contribution >= 0.6 is 0 Å². The summed E-state index contributed by atoms with van der Waals surface area (Å²) < 4.78 is 0. The highest BCUT2D eigenvalue weighted by molar-refractivity contribution is 5.87. The van der Waals surface area contributed by atoms with Gasteiger partial charge in [-0.05, 0) is 26.9 Å². The van der Waals surface area contributed by atoms with Crippen LogP contribution in [-0.2, 0) is 9.59 Å². The fraction of sp³-hybridized carbons (Fsp3) is 0.750. The third kappa shape index (κ3) is 4.69. The Morgan fingerprint density at radius 1 is 1.40 bits per heavy atom. The van der Waals surface area contributed by atoms with Gasteiger partial charge in [-0.25, -0.2) is 9.59 Å². The SMILES string of the molecule is CC1CN(C)CCCN1C(=O)N[C@@H](CC(N)=O)C(=O)O. The van der Waals surface area contributed by atoms with Crippen molar-refractivity contribution in [3.63, 3.8) is 0 Å². The van der Waals surface area contributed by atoms with Crippen LogP contribution in [0.4, 0.5) is 4.79 Å². The van der Waals surface area contributed by atoms with E-state index < -0.39 is 30.4 Å². The first-order valence-electron chi connectivity index (χ1n) is 6.58. The highest BCUT2D eigenvalue weighted by atomic mass is 16.4. The zero-order valence-corrected chi connectivity index (χ0v) is 11.8. The van der Waals surface area contributed by atoms with E-state index in [2.05, 4.69) is 10.2 Å². The van der Waals surface area contributed by atoms with E-state index in [0.717, 1.165) is 19.5 Å². The summed E-state index contributed by atoms with van der Waals surface area (Å²) in [5.41, 5.74) is 4.98. The highest BCUT2D eigenvalue weighted by Gasteiger charge is 2.28. The van der Waals surface area contributed by atoms with Gasteiger partial charge in [0.15, 0.2) is 0 Å². The normalized spacial score (nSPS) is 21.9. The lowest BCUT2D eigenvalue weighted by molar-refractivity contribution is -0.141. The van der Waals surface area contributed by atoms with E-state index in [1.807, 2.05) is 14.0 Å². The number of carboxylic acids is 1. The van der Waals surface area contributed by atoms with Crippen LogP contribution in [-0.4, -0.2) is 71.6 Å². The topological polar surface area (TPSA) is 116 Å². The number of likely N-dealkylation sites (N-methyl/N-ethyl adjacent to an activating group) is 1. The summed E-state index contributed by atoms with van der Waals surface area (Å²) in [6.45, 7) is 4.07. The number of nitrogens with two attached hydrogens (primary N) is 1. The molecule has 1 heterocycles. The minimum Gasteiger partial charge on any atom is -0.480 e. The number of primary amides is 1. The molecule has 1 fully saturated rings. The summed E-state index contributed by atoms with van der Waals surface area (Å²) in [7, 11) is 1.98. The molecule has 4 N–H and O–H groups in total. The molecule has 0 spiro atoms. The molecule has 1 aliphatic rings. The zero-order valence-electron chi connectivity index (χ0n) is 11.8. The second-order valence-electron chi connectivity index (χ2n) is 5.17. The molecule has 1 aliphatic heterocycles. The van der Waals surface area contributed by atoms with Crippen molar-refractivity contribution in [3.8, 4) is 0 Å². The standard InChI is InChI=1S/C12H22N4O4/c1-8-7-15(2)4-3-5-16(8)12(20)14-9(11(18)19)6-10(13)17/h8-9H,3-7H2,1-2H3,(H2,13,17)(H,14,20)(H,18,19)/t8?,9-/m0/s1. The van der Waals surface area contributed by atoms with Crippen LogP contribution in [0.2, 0.25) is 0 Å². The van der Waals surface area contributed by atoms with Crippen molar-refractivity contribution >= 4 is 17.9 Å². The fourth-order valence-corrected chi connectivity index (χ4v) is 2.31. The van der Waals surface area contributed by atoms with Crippen molar-refractivity contribution in [2.75, 3.05) is 26.7 Å². The number of hydrogen-bond donors (Lipinski definition) is 3. The lowest BCUT2D eigenvalue weighted by Crippen LogP contribution is -2.52. The predicted octanol–water partition coefficient (Wildman–Crippen LogP) is -0.949. The molecule has 8 heteroatoms. The van der Waals surface area contributed by atoms with E-state index in [1.54, 1.807) is 4.90 Å². The Kier molecular flexibility index (Phi) is 5.75. The Morgan fingerprint density at radius 2 is 2.05 bits per heavy atom.